The molecule has 2 heterocycles. The van der Waals surface area contributed by atoms with Crippen molar-refractivity contribution in [1.29, 1.82) is 0 Å². The van der Waals surface area contributed by atoms with Gasteiger partial charge < -0.3 is 16.3 Å². The molecule has 0 saturated carbocycles. The first kappa shape index (κ1) is 15.2. The van der Waals surface area contributed by atoms with E-state index in [0.29, 0.717) is 17.9 Å². The predicted molar refractivity (Wildman–Crippen MR) is 86.1 cm³/mol. The third-order valence-corrected chi connectivity index (χ3v) is 3.74. The van der Waals surface area contributed by atoms with Crippen molar-refractivity contribution in [3.8, 4) is 11.5 Å². The zero-order valence-corrected chi connectivity index (χ0v) is 12.9. The van der Waals surface area contributed by atoms with Gasteiger partial charge in [-0.2, -0.15) is 0 Å². The fourth-order valence-electron chi connectivity index (χ4n) is 2.00. The Hall–Kier alpha value is -2.18. The van der Waals surface area contributed by atoms with Crippen LogP contribution in [0.25, 0.3) is 11.5 Å². The topological polar surface area (TPSA) is 99.9 Å². The Morgan fingerprint density at radius 2 is 1.81 bits per heavy atom. The maximum atomic E-state index is 5.80. The maximum absolute atomic E-state index is 5.80. The molecule has 0 fully saturated rings. The number of nitrogens with zero attached hydrogens (tertiary/aromatic N) is 2. The van der Waals surface area contributed by atoms with E-state index in [9.17, 15) is 0 Å². The minimum absolute atomic E-state index is 0. The highest BCUT2D eigenvalue weighted by Crippen LogP contribution is 2.30. The van der Waals surface area contributed by atoms with Crippen molar-refractivity contribution in [1.82, 2.24) is 16.1 Å². The van der Waals surface area contributed by atoms with E-state index in [1.165, 1.54) is 0 Å². The molecule has 6 heteroatoms. The third-order valence-electron chi connectivity index (χ3n) is 2.91. The van der Waals surface area contributed by atoms with E-state index in [1.807, 2.05) is 30.3 Å². The molecule has 1 aromatic carbocycles. The summed E-state index contributed by atoms with van der Waals surface area (Å²) in [6, 6.07) is 13.8. The van der Waals surface area contributed by atoms with Gasteiger partial charge in [0.05, 0.1) is 16.4 Å². The standard InChI is InChI=1S/C15H12BrN3O.H3N/c16-13-11(9-10-5-2-1-3-6-10)18-15(17)19-14(13)12-7-4-8-20-12;/h1-8H,9H2,(H2,17,18,19);1H3. The van der Waals surface area contributed by atoms with Crippen LogP contribution in [0, 0.1) is 0 Å². The fourth-order valence-corrected chi connectivity index (χ4v) is 2.51. The molecular formula is C15H15BrN4O. The first-order valence-electron chi connectivity index (χ1n) is 6.14. The summed E-state index contributed by atoms with van der Waals surface area (Å²) in [4.78, 5) is 8.56. The van der Waals surface area contributed by atoms with Crippen LogP contribution in [0.3, 0.4) is 0 Å². The van der Waals surface area contributed by atoms with Gasteiger partial charge >= 0.3 is 0 Å². The van der Waals surface area contributed by atoms with E-state index in [0.717, 1.165) is 15.7 Å². The molecule has 21 heavy (non-hydrogen) atoms. The SMILES string of the molecule is N.Nc1nc(Cc2ccccc2)c(Br)c(-c2ccco2)n1. The second-order valence-electron chi connectivity index (χ2n) is 4.33. The van der Waals surface area contributed by atoms with E-state index in [4.69, 9.17) is 10.2 Å². The highest BCUT2D eigenvalue weighted by atomic mass is 79.9. The van der Waals surface area contributed by atoms with Gasteiger partial charge in [0, 0.05) is 6.42 Å². The van der Waals surface area contributed by atoms with E-state index < -0.39 is 0 Å². The zero-order valence-electron chi connectivity index (χ0n) is 11.3. The number of nitrogens with two attached hydrogens (primary N) is 1. The first-order chi connectivity index (χ1) is 9.74. The summed E-state index contributed by atoms with van der Waals surface area (Å²) in [5.41, 5.74) is 8.48. The highest BCUT2D eigenvalue weighted by molar-refractivity contribution is 9.10. The number of furan rings is 1. The number of halogens is 1. The lowest BCUT2D eigenvalue weighted by molar-refractivity contribution is 0.579. The number of aromatic nitrogens is 2. The van der Waals surface area contributed by atoms with Gasteiger partial charge in [0.2, 0.25) is 5.95 Å². The van der Waals surface area contributed by atoms with Crippen molar-refractivity contribution in [2.75, 3.05) is 5.73 Å². The van der Waals surface area contributed by atoms with Crippen molar-refractivity contribution in [2.45, 2.75) is 6.42 Å². The van der Waals surface area contributed by atoms with Crippen molar-refractivity contribution in [2.24, 2.45) is 0 Å². The largest absolute Gasteiger partial charge is 0.463 e. The molecule has 0 aliphatic heterocycles. The molecule has 5 N–H and O–H groups in total. The Kier molecular flexibility index (Phi) is 4.72. The predicted octanol–water partition coefficient (Wildman–Crippen LogP) is 3.83. The van der Waals surface area contributed by atoms with Gasteiger partial charge in [-0.3, -0.25) is 0 Å². The first-order valence-corrected chi connectivity index (χ1v) is 6.93. The van der Waals surface area contributed by atoms with Crippen LogP contribution in [0.5, 0.6) is 0 Å². The normalized spacial score (nSPS) is 10.1. The molecule has 0 radical (unpaired) electrons. The Balaban J connectivity index is 0.00000161. The average molecular weight is 347 g/mol. The second kappa shape index (κ2) is 6.51. The summed E-state index contributed by atoms with van der Waals surface area (Å²) < 4.78 is 6.20. The second-order valence-corrected chi connectivity index (χ2v) is 5.12. The minimum atomic E-state index is 0. The molecule has 0 spiro atoms. The van der Waals surface area contributed by atoms with Gasteiger partial charge in [0.15, 0.2) is 5.76 Å². The summed E-state index contributed by atoms with van der Waals surface area (Å²) in [5.74, 6) is 0.908. The minimum Gasteiger partial charge on any atom is -0.463 e. The van der Waals surface area contributed by atoms with Crippen LogP contribution in [0.1, 0.15) is 11.3 Å². The van der Waals surface area contributed by atoms with Gasteiger partial charge in [0.1, 0.15) is 5.69 Å². The molecule has 108 valence electrons. The molecule has 0 amide bonds. The fraction of sp³-hybridized carbons (Fsp3) is 0.0667. The van der Waals surface area contributed by atoms with Crippen LogP contribution in [0.2, 0.25) is 0 Å². The maximum Gasteiger partial charge on any atom is 0.220 e. The van der Waals surface area contributed by atoms with Crippen molar-refractivity contribution >= 4 is 21.9 Å². The summed E-state index contributed by atoms with van der Waals surface area (Å²) in [5, 5.41) is 0. The number of nitrogen functional groups attached to an aromatic ring is 1. The van der Waals surface area contributed by atoms with Crippen LogP contribution in [-0.4, -0.2) is 9.97 Å². The Bertz CT molecular complexity index is 714. The summed E-state index contributed by atoms with van der Waals surface area (Å²) in [6.07, 6.45) is 2.29. The molecule has 0 bridgehead atoms. The molecule has 0 atom stereocenters. The lowest BCUT2D eigenvalue weighted by Crippen LogP contribution is -2.03. The number of hydrogen-bond acceptors (Lipinski definition) is 5. The summed E-state index contributed by atoms with van der Waals surface area (Å²) in [6.45, 7) is 0. The van der Waals surface area contributed by atoms with Gasteiger partial charge in [-0.1, -0.05) is 30.3 Å². The van der Waals surface area contributed by atoms with Crippen LogP contribution >= 0.6 is 15.9 Å². The number of benzene rings is 1. The van der Waals surface area contributed by atoms with Gasteiger partial charge in [-0.05, 0) is 33.6 Å². The van der Waals surface area contributed by atoms with Gasteiger partial charge in [-0.25, -0.2) is 9.97 Å². The van der Waals surface area contributed by atoms with Gasteiger partial charge in [-0.15, -0.1) is 0 Å². The monoisotopic (exact) mass is 346 g/mol. The molecule has 3 aromatic rings. The number of hydrogen-bond donors (Lipinski definition) is 2. The molecule has 2 aromatic heterocycles. The van der Waals surface area contributed by atoms with Crippen molar-refractivity contribution in [3.63, 3.8) is 0 Å². The van der Waals surface area contributed by atoms with Crippen LogP contribution in [0.4, 0.5) is 5.95 Å². The average Bonchev–Trinajstić information content (AvgIpc) is 2.97. The smallest absolute Gasteiger partial charge is 0.220 e. The van der Waals surface area contributed by atoms with Crippen LogP contribution in [0.15, 0.2) is 57.6 Å². The molecule has 0 unspecified atom stereocenters. The quantitative estimate of drug-likeness (QED) is 0.750. The van der Waals surface area contributed by atoms with Gasteiger partial charge in [0.25, 0.3) is 0 Å². The van der Waals surface area contributed by atoms with E-state index in [1.54, 1.807) is 6.26 Å². The van der Waals surface area contributed by atoms with E-state index in [2.05, 4.69) is 38.0 Å². The molecule has 0 aliphatic carbocycles. The molecule has 5 nitrogen and oxygen atoms in total. The van der Waals surface area contributed by atoms with Crippen molar-refractivity contribution in [3.05, 3.63) is 64.5 Å². The van der Waals surface area contributed by atoms with Crippen LogP contribution < -0.4 is 11.9 Å². The zero-order chi connectivity index (χ0) is 13.9. The third kappa shape index (κ3) is 3.29. The molecule has 3 rings (SSSR count). The molecule has 0 aliphatic rings. The Labute approximate surface area is 130 Å². The highest BCUT2D eigenvalue weighted by Gasteiger charge is 2.15. The summed E-state index contributed by atoms with van der Waals surface area (Å²) >= 11 is 3.55. The van der Waals surface area contributed by atoms with E-state index >= 15 is 0 Å². The van der Waals surface area contributed by atoms with E-state index in [-0.39, 0.29) is 12.1 Å². The number of rotatable bonds is 3. The Morgan fingerprint density at radius 1 is 1.05 bits per heavy atom. The lowest BCUT2D eigenvalue weighted by Gasteiger charge is -2.08. The van der Waals surface area contributed by atoms with Crippen molar-refractivity contribution < 1.29 is 4.42 Å². The number of anilines is 1. The molecule has 0 saturated heterocycles. The van der Waals surface area contributed by atoms with Crippen LogP contribution in [-0.2, 0) is 6.42 Å². The molecular weight excluding hydrogens is 332 g/mol. The Morgan fingerprint density at radius 3 is 2.48 bits per heavy atom. The lowest BCUT2D eigenvalue weighted by atomic mass is 10.1. The summed E-state index contributed by atoms with van der Waals surface area (Å²) in [7, 11) is 0.